The number of morpholine rings is 1. The number of ether oxygens (including phenoxy) is 3. The number of nitriles is 1. The second kappa shape index (κ2) is 10.4. The summed E-state index contributed by atoms with van der Waals surface area (Å²) in [5.41, 5.74) is 1.83. The first kappa shape index (κ1) is 26.3. The highest BCUT2D eigenvalue weighted by Crippen LogP contribution is 2.38. The van der Waals surface area contributed by atoms with Crippen molar-refractivity contribution in [2.24, 2.45) is 0 Å². The minimum Gasteiger partial charge on any atom is -0.454 e. The molecule has 3 aliphatic heterocycles. The van der Waals surface area contributed by atoms with Gasteiger partial charge in [-0.2, -0.15) is 5.26 Å². The number of carbonyl (C=O) groups excluding carboxylic acids is 1. The largest absolute Gasteiger partial charge is 0.454 e. The van der Waals surface area contributed by atoms with Crippen molar-refractivity contribution in [2.45, 2.75) is 53.0 Å². The number of hydrogen-bond acceptors (Lipinski definition) is 9. The normalized spacial score (nSPS) is 21.9. The zero-order valence-corrected chi connectivity index (χ0v) is 23.3. The molecule has 0 spiro atoms. The standard InChI is InChI=1S/C27H28N4O5S2/c1-5-30-24(29-11-15(2)36-16(3)12-29)19(17(4)20(10-28)25(30)32)9-23-26(33)31(27(37)38-23)13-18-6-7-21-22(8-18)35-14-34-21/h6-9,15-16H,5,11-14H2,1-4H3/b23-9+. The lowest BCUT2D eigenvalue weighted by atomic mass is 10.0. The van der Waals surface area contributed by atoms with Crippen LogP contribution in [0.25, 0.3) is 6.08 Å². The summed E-state index contributed by atoms with van der Waals surface area (Å²) in [6.45, 7) is 9.65. The van der Waals surface area contributed by atoms with Crippen LogP contribution in [-0.2, 0) is 22.6 Å². The van der Waals surface area contributed by atoms with E-state index in [0.717, 1.165) is 5.56 Å². The molecule has 0 N–H and O–H groups in total. The topological polar surface area (TPSA) is 97.0 Å². The number of fused-ring (bicyclic) bond motifs is 1. The Hall–Kier alpha value is -3.33. The van der Waals surface area contributed by atoms with Crippen LogP contribution in [0.4, 0.5) is 5.82 Å². The van der Waals surface area contributed by atoms with Crippen molar-refractivity contribution in [1.82, 2.24) is 9.47 Å². The molecule has 2 aromatic rings. The van der Waals surface area contributed by atoms with Gasteiger partial charge in [0, 0.05) is 25.2 Å². The molecular formula is C27H28N4O5S2. The van der Waals surface area contributed by atoms with Crippen LogP contribution in [0, 0.1) is 18.3 Å². The van der Waals surface area contributed by atoms with Gasteiger partial charge < -0.3 is 19.1 Å². The van der Waals surface area contributed by atoms with Gasteiger partial charge in [0.05, 0.1) is 23.7 Å². The second-order valence-corrected chi connectivity index (χ2v) is 11.2. The highest BCUT2D eigenvalue weighted by Gasteiger charge is 2.34. The van der Waals surface area contributed by atoms with Gasteiger partial charge in [0.2, 0.25) is 6.79 Å². The Labute approximate surface area is 230 Å². The van der Waals surface area contributed by atoms with E-state index in [-0.39, 0.29) is 36.0 Å². The Bertz CT molecular complexity index is 1450. The minimum absolute atomic E-state index is 0.0390. The average molecular weight is 553 g/mol. The minimum atomic E-state index is -0.332. The van der Waals surface area contributed by atoms with Gasteiger partial charge >= 0.3 is 0 Å². The maximum atomic E-state index is 13.6. The summed E-state index contributed by atoms with van der Waals surface area (Å²) in [6.07, 6.45) is 1.70. The number of thioether (sulfide) groups is 1. The van der Waals surface area contributed by atoms with E-state index in [2.05, 4.69) is 11.0 Å². The molecule has 4 heterocycles. The molecule has 2 atom stereocenters. The third-order valence-electron chi connectivity index (χ3n) is 6.81. The molecule has 2 saturated heterocycles. The van der Waals surface area contributed by atoms with Gasteiger partial charge in [-0.25, -0.2) is 0 Å². The molecular weight excluding hydrogens is 524 g/mol. The molecule has 0 saturated carbocycles. The molecule has 3 aliphatic rings. The SMILES string of the molecule is CCn1c(N2CC(C)OC(C)C2)c(/C=C2/SC(=S)N(Cc3ccc4c(c3)OCO4)C2=O)c(C)c(C#N)c1=O. The summed E-state index contributed by atoms with van der Waals surface area (Å²) in [5.74, 6) is 1.79. The van der Waals surface area contributed by atoms with Gasteiger partial charge in [0.15, 0.2) is 11.5 Å². The van der Waals surface area contributed by atoms with Crippen LogP contribution in [0.1, 0.15) is 43.0 Å². The smallest absolute Gasteiger partial charge is 0.270 e. The zero-order valence-electron chi connectivity index (χ0n) is 21.6. The first-order valence-electron chi connectivity index (χ1n) is 12.4. The highest BCUT2D eigenvalue weighted by molar-refractivity contribution is 8.26. The average Bonchev–Trinajstić information content (AvgIpc) is 3.44. The Morgan fingerprint density at radius 1 is 1.18 bits per heavy atom. The molecule has 0 aliphatic carbocycles. The van der Waals surface area contributed by atoms with E-state index in [0.29, 0.717) is 63.8 Å². The monoisotopic (exact) mass is 552 g/mol. The summed E-state index contributed by atoms with van der Waals surface area (Å²) in [4.78, 5) is 30.9. The molecule has 1 aromatic carbocycles. The number of thiocarbonyl (C=S) groups is 1. The van der Waals surface area contributed by atoms with E-state index in [1.54, 1.807) is 22.5 Å². The number of carbonyl (C=O) groups is 1. The lowest BCUT2D eigenvalue weighted by Crippen LogP contribution is -2.48. The van der Waals surface area contributed by atoms with Gasteiger partial charge in [-0.05, 0) is 57.0 Å². The number of hydrogen-bond donors (Lipinski definition) is 0. The van der Waals surface area contributed by atoms with Gasteiger partial charge in [0.1, 0.15) is 21.8 Å². The Balaban J connectivity index is 1.56. The van der Waals surface area contributed by atoms with Crippen molar-refractivity contribution in [3.05, 3.63) is 55.7 Å². The van der Waals surface area contributed by atoms with Gasteiger partial charge in [-0.3, -0.25) is 19.1 Å². The lowest BCUT2D eigenvalue weighted by molar-refractivity contribution is -0.122. The molecule has 1 amide bonds. The summed E-state index contributed by atoms with van der Waals surface area (Å²) in [7, 11) is 0. The second-order valence-electron chi connectivity index (χ2n) is 9.52. The van der Waals surface area contributed by atoms with Crippen LogP contribution in [0.5, 0.6) is 11.5 Å². The van der Waals surface area contributed by atoms with Crippen LogP contribution >= 0.6 is 24.0 Å². The predicted molar refractivity (Wildman–Crippen MR) is 149 cm³/mol. The van der Waals surface area contributed by atoms with Crippen LogP contribution in [-0.4, -0.2) is 51.8 Å². The van der Waals surface area contributed by atoms with Gasteiger partial charge in [-0.15, -0.1) is 0 Å². The zero-order chi connectivity index (χ0) is 27.1. The first-order valence-corrected chi connectivity index (χ1v) is 13.7. The number of rotatable bonds is 5. The van der Waals surface area contributed by atoms with E-state index >= 15 is 0 Å². The van der Waals surface area contributed by atoms with E-state index in [1.165, 1.54) is 11.8 Å². The van der Waals surface area contributed by atoms with Crippen LogP contribution in [0.2, 0.25) is 0 Å². The lowest BCUT2D eigenvalue weighted by Gasteiger charge is -2.39. The molecule has 198 valence electrons. The number of anilines is 1. The number of pyridine rings is 1. The molecule has 2 unspecified atom stereocenters. The van der Waals surface area contributed by atoms with Crippen molar-refractivity contribution >= 4 is 46.1 Å². The summed E-state index contributed by atoms with van der Waals surface area (Å²) in [5, 5.41) is 9.82. The highest BCUT2D eigenvalue weighted by atomic mass is 32.2. The van der Waals surface area contributed by atoms with E-state index in [4.69, 9.17) is 26.4 Å². The van der Waals surface area contributed by atoms with Crippen molar-refractivity contribution in [1.29, 1.82) is 5.26 Å². The maximum absolute atomic E-state index is 13.6. The fourth-order valence-corrected chi connectivity index (χ4v) is 6.36. The Kier molecular flexibility index (Phi) is 7.22. The molecule has 5 rings (SSSR count). The van der Waals surface area contributed by atoms with E-state index in [9.17, 15) is 14.9 Å². The first-order chi connectivity index (χ1) is 18.2. The third kappa shape index (κ3) is 4.68. The number of nitrogens with zero attached hydrogens (tertiary/aromatic N) is 4. The summed E-state index contributed by atoms with van der Waals surface area (Å²) >= 11 is 6.80. The maximum Gasteiger partial charge on any atom is 0.270 e. The van der Waals surface area contributed by atoms with Crippen molar-refractivity contribution in [3.8, 4) is 17.6 Å². The summed E-state index contributed by atoms with van der Waals surface area (Å²) in [6, 6.07) is 7.63. The fourth-order valence-electron chi connectivity index (χ4n) is 5.12. The molecule has 0 bridgehead atoms. The fraction of sp³-hybridized carbons (Fsp3) is 0.407. The molecule has 2 fully saturated rings. The van der Waals surface area contributed by atoms with Gasteiger partial charge in [0.25, 0.3) is 11.5 Å². The van der Waals surface area contributed by atoms with E-state index < -0.39 is 0 Å². The van der Waals surface area contributed by atoms with Gasteiger partial charge in [-0.1, -0.05) is 30.0 Å². The number of amides is 1. The van der Waals surface area contributed by atoms with Crippen LogP contribution in [0.3, 0.4) is 0 Å². The Morgan fingerprint density at radius 2 is 1.89 bits per heavy atom. The van der Waals surface area contributed by atoms with Crippen molar-refractivity contribution in [2.75, 3.05) is 24.8 Å². The molecule has 1 aromatic heterocycles. The summed E-state index contributed by atoms with van der Waals surface area (Å²) < 4.78 is 18.8. The number of aromatic nitrogens is 1. The number of benzene rings is 1. The predicted octanol–water partition coefficient (Wildman–Crippen LogP) is 3.79. The third-order valence-corrected chi connectivity index (χ3v) is 8.19. The Morgan fingerprint density at radius 3 is 2.58 bits per heavy atom. The van der Waals surface area contributed by atoms with Crippen LogP contribution in [0.15, 0.2) is 27.9 Å². The molecule has 0 radical (unpaired) electrons. The molecule has 11 heteroatoms. The molecule has 38 heavy (non-hydrogen) atoms. The quantitative estimate of drug-likeness (QED) is 0.405. The molecule has 9 nitrogen and oxygen atoms in total. The van der Waals surface area contributed by atoms with Crippen molar-refractivity contribution < 1.29 is 19.0 Å². The van der Waals surface area contributed by atoms with Crippen molar-refractivity contribution in [3.63, 3.8) is 0 Å². The van der Waals surface area contributed by atoms with E-state index in [1.807, 2.05) is 39.0 Å². The van der Waals surface area contributed by atoms with Crippen LogP contribution < -0.4 is 19.9 Å².